The maximum atomic E-state index is 3.74. The van der Waals surface area contributed by atoms with Gasteiger partial charge in [-0.2, -0.15) is 0 Å². The van der Waals surface area contributed by atoms with Crippen molar-refractivity contribution in [3.63, 3.8) is 0 Å². The lowest BCUT2D eigenvalue weighted by Gasteiger charge is -2.40. The molecule has 2 saturated heterocycles. The van der Waals surface area contributed by atoms with Crippen molar-refractivity contribution >= 4 is 0 Å². The van der Waals surface area contributed by atoms with Gasteiger partial charge in [0, 0.05) is 5.54 Å². The Bertz CT molecular complexity index is 189. The zero-order valence-corrected chi connectivity index (χ0v) is 10.4. The number of piperidine rings is 2. The second kappa shape index (κ2) is 4.84. The molecule has 0 aliphatic carbocycles. The first-order chi connectivity index (χ1) is 7.18. The van der Waals surface area contributed by atoms with Crippen molar-refractivity contribution in [2.75, 3.05) is 26.7 Å². The standard InChI is InChI=1S/C13H26N2/c1-13(7-3-4-8-14-13)11-12-5-9-15(2)10-6-12/h12,14H,3-11H2,1-2H3. The summed E-state index contributed by atoms with van der Waals surface area (Å²) in [5, 5.41) is 3.74. The van der Waals surface area contributed by atoms with E-state index in [-0.39, 0.29) is 0 Å². The van der Waals surface area contributed by atoms with Gasteiger partial charge in [0.1, 0.15) is 0 Å². The number of hydrogen-bond donors (Lipinski definition) is 1. The summed E-state index contributed by atoms with van der Waals surface area (Å²) in [5.74, 6) is 0.969. The number of rotatable bonds is 2. The highest BCUT2D eigenvalue weighted by atomic mass is 15.1. The van der Waals surface area contributed by atoms with Crippen LogP contribution >= 0.6 is 0 Å². The molecule has 88 valence electrons. The molecular weight excluding hydrogens is 184 g/mol. The Balaban J connectivity index is 1.80. The smallest absolute Gasteiger partial charge is 0.0156 e. The van der Waals surface area contributed by atoms with Crippen LogP contribution in [0.3, 0.4) is 0 Å². The van der Waals surface area contributed by atoms with Gasteiger partial charge in [-0.1, -0.05) is 6.42 Å². The second-order valence-electron chi connectivity index (χ2n) is 5.90. The highest BCUT2D eigenvalue weighted by Gasteiger charge is 2.30. The van der Waals surface area contributed by atoms with Crippen LogP contribution in [0, 0.1) is 5.92 Å². The van der Waals surface area contributed by atoms with Gasteiger partial charge in [-0.25, -0.2) is 0 Å². The molecule has 0 amide bonds. The molecule has 0 aromatic heterocycles. The molecule has 2 fully saturated rings. The van der Waals surface area contributed by atoms with Crippen LogP contribution in [0.25, 0.3) is 0 Å². The van der Waals surface area contributed by atoms with Gasteiger partial charge in [-0.15, -0.1) is 0 Å². The lowest BCUT2D eigenvalue weighted by Crippen LogP contribution is -2.48. The Kier molecular flexibility index (Phi) is 3.68. The van der Waals surface area contributed by atoms with Gasteiger partial charge in [0.15, 0.2) is 0 Å². The molecule has 0 aromatic carbocycles. The molecule has 2 aliphatic rings. The van der Waals surface area contributed by atoms with E-state index in [0.29, 0.717) is 5.54 Å². The van der Waals surface area contributed by atoms with E-state index < -0.39 is 0 Å². The monoisotopic (exact) mass is 210 g/mol. The van der Waals surface area contributed by atoms with E-state index in [0.717, 1.165) is 5.92 Å². The van der Waals surface area contributed by atoms with Crippen LogP contribution in [0.15, 0.2) is 0 Å². The van der Waals surface area contributed by atoms with Crippen LogP contribution < -0.4 is 5.32 Å². The van der Waals surface area contributed by atoms with E-state index in [4.69, 9.17) is 0 Å². The molecule has 2 heteroatoms. The summed E-state index contributed by atoms with van der Waals surface area (Å²) in [6.45, 7) is 6.29. The van der Waals surface area contributed by atoms with Crippen LogP contribution in [0.4, 0.5) is 0 Å². The van der Waals surface area contributed by atoms with Gasteiger partial charge in [-0.3, -0.25) is 0 Å². The Labute approximate surface area is 94.4 Å². The third-order valence-corrected chi connectivity index (χ3v) is 4.28. The average molecular weight is 210 g/mol. The van der Waals surface area contributed by atoms with E-state index in [1.165, 1.54) is 58.2 Å². The fraction of sp³-hybridized carbons (Fsp3) is 1.00. The molecular formula is C13H26N2. The van der Waals surface area contributed by atoms with Crippen molar-refractivity contribution in [1.82, 2.24) is 10.2 Å². The minimum atomic E-state index is 0.457. The molecule has 1 atom stereocenters. The molecule has 2 rings (SSSR count). The lowest BCUT2D eigenvalue weighted by molar-refractivity contribution is 0.158. The minimum absolute atomic E-state index is 0.457. The summed E-state index contributed by atoms with van der Waals surface area (Å²) in [6, 6.07) is 0. The van der Waals surface area contributed by atoms with Crippen molar-refractivity contribution in [3.8, 4) is 0 Å². The normalized spacial score (nSPS) is 35.6. The van der Waals surface area contributed by atoms with Crippen LogP contribution in [0.2, 0.25) is 0 Å². The second-order valence-corrected chi connectivity index (χ2v) is 5.90. The van der Waals surface area contributed by atoms with Gasteiger partial charge >= 0.3 is 0 Å². The van der Waals surface area contributed by atoms with E-state index in [9.17, 15) is 0 Å². The minimum Gasteiger partial charge on any atom is -0.312 e. The topological polar surface area (TPSA) is 15.3 Å². The Morgan fingerprint density at radius 1 is 1.27 bits per heavy atom. The maximum absolute atomic E-state index is 3.74. The van der Waals surface area contributed by atoms with Crippen LogP contribution in [0.1, 0.15) is 45.4 Å². The summed E-state index contributed by atoms with van der Waals surface area (Å²) < 4.78 is 0. The molecule has 0 radical (unpaired) electrons. The molecule has 0 bridgehead atoms. The Morgan fingerprint density at radius 3 is 2.60 bits per heavy atom. The fourth-order valence-corrected chi connectivity index (χ4v) is 3.20. The highest BCUT2D eigenvalue weighted by molar-refractivity contribution is 4.89. The van der Waals surface area contributed by atoms with E-state index in [1.54, 1.807) is 0 Å². The first-order valence-electron chi connectivity index (χ1n) is 6.62. The molecule has 2 aliphatic heterocycles. The third kappa shape index (κ3) is 3.18. The van der Waals surface area contributed by atoms with Crippen LogP contribution in [0.5, 0.6) is 0 Å². The zero-order valence-electron chi connectivity index (χ0n) is 10.4. The van der Waals surface area contributed by atoms with Crippen molar-refractivity contribution in [1.29, 1.82) is 0 Å². The molecule has 0 aromatic rings. The highest BCUT2D eigenvalue weighted by Crippen LogP contribution is 2.30. The average Bonchev–Trinajstić information content (AvgIpc) is 2.22. The SMILES string of the molecule is CN1CCC(CC2(C)CCCCN2)CC1. The number of likely N-dealkylation sites (tertiary alicyclic amines) is 1. The van der Waals surface area contributed by atoms with E-state index in [2.05, 4.69) is 24.2 Å². The molecule has 15 heavy (non-hydrogen) atoms. The summed E-state index contributed by atoms with van der Waals surface area (Å²) in [5.41, 5.74) is 0.457. The molecule has 2 heterocycles. The van der Waals surface area contributed by atoms with Gasteiger partial charge in [-0.05, 0) is 71.6 Å². The summed E-state index contributed by atoms with van der Waals surface area (Å²) >= 11 is 0. The maximum Gasteiger partial charge on any atom is 0.0156 e. The molecule has 0 saturated carbocycles. The van der Waals surface area contributed by atoms with Gasteiger partial charge in [0.25, 0.3) is 0 Å². The van der Waals surface area contributed by atoms with Crippen molar-refractivity contribution in [2.45, 2.75) is 51.0 Å². The predicted octanol–water partition coefficient (Wildman–Crippen LogP) is 2.25. The zero-order chi connectivity index (χ0) is 10.7. The van der Waals surface area contributed by atoms with Gasteiger partial charge in [0.2, 0.25) is 0 Å². The lowest BCUT2D eigenvalue weighted by atomic mass is 9.79. The number of hydrogen-bond acceptors (Lipinski definition) is 2. The largest absolute Gasteiger partial charge is 0.312 e. The Morgan fingerprint density at radius 2 is 2.00 bits per heavy atom. The third-order valence-electron chi connectivity index (χ3n) is 4.28. The summed E-state index contributed by atoms with van der Waals surface area (Å²) in [7, 11) is 2.25. The van der Waals surface area contributed by atoms with E-state index >= 15 is 0 Å². The van der Waals surface area contributed by atoms with Crippen molar-refractivity contribution in [2.24, 2.45) is 5.92 Å². The molecule has 0 spiro atoms. The quantitative estimate of drug-likeness (QED) is 0.752. The van der Waals surface area contributed by atoms with Crippen LogP contribution in [-0.2, 0) is 0 Å². The summed E-state index contributed by atoms with van der Waals surface area (Å²) in [4.78, 5) is 2.47. The van der Waals surface area contributed by atoms with Crippen LogP contribution in [-0.4, -0.2) is 37.1 Å². The van der Waals surface area contributed by atoms with Crippen molar-refractivity contribution in [3.05, 3.63) is 0 Å². The molecule has 2 nitrogen and oxygen atoms in total. The fourth-order valence-electron chi connectivity index (χ4n) is 3.20. The number of nitrogens with zero attached hydrogens (tertiary/aromatic N) is 1. The Hall–Kier alpha value is -0.0800. The molecule has 1 unspecified atom stereocenters. The van der Waals surface area contributed by atoms with Gasteiger partial charge in [0.05, 0.1) is 0 Å². The summed E-state index contributed by atoms with van der Waals surface area (Å²) in [6.07, 6.45) is 8.42. The first-order valence-corrected chi connectivity index (χ1v) is 6.62. The van der Waals surface area contributed by atoms with Gasteiger partial charge < -0.3 is 10.2 Å². The molecule has 1 N–H and O–H groups in total. The van der Waals surface area contributed by atoms with E-state index in [1.807, 2.05) is 0 Å². The first kappa shape index (κ1) is 11.4. The van der Waals surface area contributed by atoms with Crippen molar-refractivity contribution < 1.29 is 0 Å². The number of nitrogens with one attached hydrogen (secondary N) is 1. The predicted molar refractivity (Wildman–Crippen MR) is 65.1 cm³/mol.